The van der Waals surface area contributed by atoms with Crippen LogP contribution in [0.3, 0.4) is 0 Å². The van der Waals surface area contributed by atoms with E-state index in [4.69, 9.17) is 14.2 Å². The van der Waals surface area contributed by atoms with Gasteiger partial charge >= 0.3 is 5.97 Å². The van der Waals surface area contributed by atoms with Crippen LogP contribution in [0.5, 0.6) is 0 Å². The maximum atomic E-state index is 12.6. The molecule has 0 amide bonds. The van der Waals surface area contributed by atoms with Gasteiger partial charge in [-0.25, -0.2) is 0 Å². The van der Waals surface area contributed by atoms with Crippen LogP contribution in [-0.2, 0) is 19.0 Å². The van der Waals surface area contributed by atoms with Crippen LogP contribution in [0.1, 0.15) is 182 Å². The van der Waals surface area contributed by atoms with E-state index < -0.39 is 36.6 Å². The lowest BCUT2D eigenvalue weighted by atomic mass is 9.96. The van der Waals surface area contributed by atoms with E-state index in [9.17, 15) is 25.2 Å². The largest absolute Gasteiger partial charge is 0.457 e. The quantitative estimate of drug-likeness (QED) is 0.0401. The van der Waals surface area contributed by atoms with E-state index in [-0.39, 0.29) is 19.2 Å². The van der Waals surface area contributed by atoms with Crippen LogP contribution in [0.25, 0.3) is 0 Å². The molecule has 0 saturated heterocycles. The SMILES string of the molecule is CCCCCCC(C)CCCCCCCCCOC[C@@H](COC1[C@@H](O)[C@H](O)[C@@H](O)[C@@H]1O)OC(=O)CCCCCCCCCCC(C)CC. The van der Waals surface area contributed by atoms with Crippen molar-refractivity contribution in [1.82, 2.24) is 0 Å². The highest BCUT2D eigenvalue weighted by atomic mass is 16.6. The van der Waals surface area contributed by atoms with Gasteiger partial charge in [-0.3, -0.25) is 4.79 Å². The number of hydrogen-bond acceptors (Lipinski definition) is 8. The first kappa shape index (κ1) is 45.3. The molecule has 0 aromatic carbocycles. The molecule has 48 heavy (non-hydrogen) atoms. The molecular weight excluding hydrogens is 608 g/mol. The molecule has 8 nitrogen and oxygen atoms in total. The smallest absolute Gasteiger partial charge is 0.306 e. The highest BCUT2D eigenvalue weighted by Crippen LogP contribution is 2.25. The summed E-state index contributed by atoms with van der Waals surface area (Å²) in [7, 11) is 0. The van der Waals surface area contributed by atoms with Gasteiger partial charge in [0, 0.05) is 13.0 Å². The molecule has 1 saturated carbocycles. The van der Waals surface area contributed by atoms with Gasteiger partial charge in [-0.15, -0.1) is 0 Å². The van der Waals surface area contributed by atoms with Crippen molar-refractivity contribution in [3.8, 4) is 0 Å². The molecule has 0 aliphatic heterocycles. The Kier molecular flexibility index (Phi) is 28.2. The number of carbonyl (C=O) groups is 1. The molecule has 286 valence electrons. The van der Waals surface area contributed by atoms with E-state index >= 15 is 0 Å². The molecule has 1 fully saturated rings. The minimum Gasteiger partial charge on any atom is -0.457 e. The molecule has 1 aliphatic carbocycles. The topological polar surface area (TPSA) is 126 Å². The number of unbranched alkanes of at least 4 members (excludes halogenated alkanes) is 16. The molecule has 8 heteroatoms. The summed E-state index contributed by atoms with van der Waals surface area (Å²) in [6.07, 6.45) is 21.1. The van der Waals surface area contributed by atoms with Gasteiger partial charge in [0.25, 0.3) is 0 Å². The predicted octanol–water partition coefficient (Wildman–Crippen LogP) is 8.43. The van der Waals surface area contributed by atoms with Gasteiger partial charge in [0.05, 0.1) is 13.2 Å². The van der Waals surface area contributed by atoms with Crippen molar-refractivity contribution in [1.29, 1.82) is 0 Å². The maximum absolute atomic E-state index is 12.6. The molecule has 0 aromatic heterocycles. The monoisotopic (exact) mass is 687 g/mol. The Labute approximate surface area is 295 Å². The van der Waals surface area contributed by atoms with Gasteiger partial charge < -0.3 is 34.6 Å². The van der Waals surface area contributed by atoms with Crippen molar-refractivity contribution in [2.75, 3.05) is 19.8 Å². The average molecular weight is 687 g/mol. The summed E-state index contributed by atoms with van der Waals surface area (Å²) in [5, 5.41) is 40.1. The fraction of sp³-hybridized carbons (Fsp3) is 0.975. The first-order chi connectivity index (χ1) is 23.2. The fourth-order valence-electron chi connectivity index (χ4n) is 6.66. The van der Waals surface area contributed by atoms with Gasteiger partial charge in [-0.2, -0.15) is 0 Å². The minimum atomic E-state index is -1.49. The molecule has 0 heterocycles. The van der Waals surface area contributed by atoms with Gasteiger partial charge in [0.2, 0.25) is 0 Å². The van der Waals surface area contributed by atoms with Crippen LogP contribution in [-0.4, -0.2) is 82.8 Å². The van der Waals surface area contributed by atoms with E-state index in [1.54, 1.807) is 0 Å². The van der Waals surface area contributed by atoms with Crippen molar-refractivity contribution in [3.63, 3.8) is 0 Å². The maximum Gasteiger partial charge on any atom is 0.306 e. The van der Waals surface area contributed by atoms with Gasteiger partial charge in [-0.1, -0.05) is 163 Å². The van der Waals surface area contributed by atoms with Crippen LogP contribution < -0.4 is 0 Å². The fourth-order valence-corrected chi connectivity index (χ4v) is 6.66. The summed E-state index contributed by atoms with van der Waals surface area (Å²) < 4.78 is 17.2. The third kappa shape index (κ3) is 22.1. The number of carbonyl (C=O) groups excluding carboxylic acids is 1. The molecule has 0 spiro atoms. The van der Waals surface area contributed by atoms with Crippen LogP contribution in [0, 0.1) is 11.8 Å². The number of aliphatic hydroxyl groups is 4. The molecule has 4 N–H and O–H groups in total. The van der Waals surface area contributed by atoms with E-state index in [0.717, 1.165) is 43.9 Å². The molecular formula is C40H78O8. The van der Waals surface area contributed by atoms with Crippen LogP contribution in [0.4, 0.5) is 0 Å². The van der Waals surface area contributed by atoms with Gasteiger partial charge in [0.15, 0.2) is 0 Å². The molecule has 1 rings (SSSR count). The van der Waals surface area contributed by atoms with E-state index in [0.29, 0.717) is 13.0 Å². The standard InChI is InChI=1S/C40H78O8/c1-5-7-8-20-26-33(4)27-22-17-13-11-15-19-24-29-46-30-34(31-47-40-38(44)36(42)37(43)39(40)45)48-35(41)28-23-18-14-10-9-12-16-21-25-32(3)6-2/h32-34,36-40,42-45H,5-31H2,1-4H3/t32?,33?,34-,36+,37+,38-,39-/m0/s1. The summed E-state index contributed by atoms with van der Waals surface area (Å²) in [6.45, 7) is 9.88. The third-order valence-corrected chi connectivity index (χ3v) is 10.4. The van der Waals surface area contributed by atoms with Gasteiger partial charge in [0.1, 0.15) is 36.6 Å². The first-order valence-corrected chi connectivity index (χ1v) is 20.3. The van der Waals surface area contributed by atoms with E-state index in [2.05, 4.69) is 27.7 Å². The van der Waals surface area contributed by atoms with Crippen LogP contribution in [0.2, 0.25) is 0 Å². The second-order valence-corrected chi connectivity index (χ2v) is 15.0. The Bertz CT molecular complexity index is 722. The zero-order valence-corrected chi connectivity index (χ0v) is 31.6. The molecule has 2 unspecified atom stereocenters. The summed E-state index contributed by atoms with van der Waals surface area (Å²) in [6, 6.07) is 0. The normalized spacial score (nSPS) is 21.8. The van der Waals surface area contributed by atoms with E-state index in [1.165, 1.54) is 116 Å². The molecule has 1 aliphatic rings. The summed E-state index contributed by atoms with van der Waals surface area (Å²) in [5.41, 5.74) is 0. The second kappa shape index (κ2) is 29.9. The van der Waals surface area contributed by atoms with Crippen molar-refractivity contribution >= 4 is 5.97 Å². The van der Waals surface area contributed by atoms with Crippen molar-refractivity contribution < 1.29 is 39.4 Å². The average Bonchev–Trinajstić information content (AvgIpc) is 3.26. The Morgan fingerprint density at radius 2 is 1.02 bits per heavy atom. The molecule has 0 bridgehead atoms. The van der Waals surface area contributed by atoms with Crippen molar-refractivity contribution in [3.05, 3.63) is 0 Å². The molecule has 7 atom stereocenters. The Morgan fingerprint density at radius 3 is 1.54 bits per heavy atom. The number of aliphatic hydroxyl groups excluding tert-OH is 4. The second-order valence-electron chi connectivity index (χ2n) is 15.0. The van der Waals surface area contributed by atoms with E-state index in [1.807, 2.05) is 0 Å². The van der Waals surface area contributed by atoms with Crippen LogP contribution in [0.15, 0.2) is 0 Å². The predicted molar refractivity (Wildman–Crippen MR) is 195 cm³/mol. The Morgan fingerprint density at radius 1 is 0.562 bits per heavy atom. The summed E-state index contributed by atoms with van der Waals surface area (Å²) in [4.78, 5) is 12.6. The first-order valence-electron chi connectivity index (χ1n) is 20.3. The summed E-state index contributed by atoms with van der Waals surface area (Å²) in [5.74, 6) is 1.38. The van der Waals surface area contributed by atoms with Crippen molar-refractivity contribution in [2.24, 2.45) is 11.8 Å². The number of esters is 1. The third-order valence-electron chi connectivity index (χ3n) is 10.4. The molecule has 0 aromatic rings. The van der Waals surface area contributed by atoms with Crippen LogP contribution >= 0.6 is 0 Å². The Balaban J connectivity index is 2.25. The number of ether oxygens (including phenoxy) is 3. The minimum absolute atomic E-state index is 0.0989. The summed E-state index contributed by atoms with van der Waals surface area (Å²) >= 11 is 0. The number of rotatable bonds is 33. The van der Waals surface area contributed by atoms with Crippen molar-refractivity contribution in [2.45, 2.75) is 218 Å². The zero-order valence-electron chi connectivity index (χ0n) is 31.6. The lowest BCUT2D eigenvalue weighted by Gasteiger charge is -2.24. The molecule has 0 radical (unpaired) electrons. The lowest BCUT2D eigenvalue weighted by molar-refractivity contribution is -0.163. The number of hydrogen-bond donors (Lipinski definition) is 4. The van der Waals surface area contributed by atoms with Gasteiger partial charge in [-0.05, 0) is 24.7 Å². The Hall–Kier alpha value is -0.770. The highest BCUT2D eigenvalue weighted by Gasteiger charge is 2.49. The lowest BCUT2D eigenvalue weighted by Crippen LogP contribution is -2.39. The zero-order chi connectivity index (χ0) is 35.4. The highest BCUT2D eigenvalue weighted by molar-refractivity contribution is 5.69.